The maximum atomic E-state index is 12.8. The molecule has 2 aromatic carbocycles. The molecule has 156 valence electrons. The van der Waals surface area contributed by atoms with Crippen LogP contribution >= 0.6 is 0 Å². The lowest BCUT2D eigenvalue weighted by Gasteiger charge is -2.45. The van der Waals surface area contributed by atoms with Crippen LogP contribution in [0.4, 0.5) is 11.4 Å². The summed E-state index contributed by atoms with van der Waals surface area (Å²) in [6.45, 7) is 3.96. The zero-order chi connectivity index (χ0) is 21.3. The van der Waals surface area contributed by atoms with Crippen molar-refractivity contribution in [3.63, 3.8) is 0 Å². The van der Waals surface area contributed by atoms with Crippen molar-refractivity contribution >= 4 is 29.2 Å². The number of benzene rings is 2. The molecule has 7 nitrogen and oxygen atoms in total. The van der Waals surface area contributed by atoms with Gasteiger partial charge >= 0.3 is 0 Å². The van der Waals surface area contributed by atoms with Gasteiger partial charge in [0.05, 0.1) is 0 Å². The van der Waals surface area contributed by atoms with Crippen LogP contribution in [0.1, 0.15) is 53.6 Å². The van der Waals surface area contributed by atoms with Gasteiger partial charge in [0.1, 0.15) is 5.66 Å². The van der Waals surface area contributed by atoms with E-state index in [0.29, 0.717) is 11.5 Å². The highest BCUT2D eigenvalue weighted by Gasteiger charge is 2.42. The van der Waals surface area contributed by atoms with Gasteiger partial charge in [-0.3, -0.25) is 9.69 Å². The monoisotopic (exact) mass is 404 g/mol. The van der Waals surface area contributed by atoms with Crippen molar-refractivity contribution in [3.8, 4) is 0 Å². The molecule has 0 atom stereocenters. The highest BCUT2D eigenvalue weighted by molar-refractivity contribution is 6.07. The van der Waals surface area contributed by atoms with Crippen molar-refractivity contribution in [1.82, 2.24) is 0 Å². The van der Waals surface area contributed by atoms with E-state index in [1.807, 2.05) is 61.2 Å². The summed E-state index contributed by atoms with van der Waals surface area (Å²) in [7, 11) is 0. The summed E-state index contributed by atoms with van der Waals surface area (Å²) in [6, 6.07) is 13.4. The van der Waals surface area contributed by atoms with E-state index in [0.717, 1.165) is 48.2 Å². The predicted octanol–water partition coefficient (Wildman–Crippen LogP) is 3.67. The van der Waals surface area contributed by atoms with Crippen molar-refractivity contribution in [3.05, 3.63) is 59.2 Å². The molecule has 7 heteroatoms. The Morgan fingerprint density at radius 1 is 1.03 bits per heavy atom. The molecule has 0 unspecified atom stereocenters. The Kier molecular flexibility index (Phi) is 5.20. The summed E-state index contributed by atoms with van der Waals surface area (Å²) >= 11 is 0. The number of hydrogen-bond acceptors (Lipinski definition) is 6. The van der Waals surface area contributed by atoms with Gasteiger partial charge in [-0.1, -0.05) is 30.2 Å². The number of carbonyl (C=O) groups excluding carboxylic acids is 1. The summed E-state index contributed by atoms with van der Waals surface area (Å²) < 4.78 is 0. The standard InChI is InChI=1S/C23H28N6O/c1-15-6-9-17(10-7-15)20(30)26-19-14-18(11-8-16(19)2)29-22(25)27-21(24)28-23(29)12-4-3-5-13-23/h6-11,14H,3-5,12-13H2,1-2H3,(H,26,30)(H4,24,25,27,28). The second kappa shape index (κ2) is 7.82. The first-order valence-electron chi connectivity index (χ1n) is 10.4. The number of anilines is 2. The van der Waals surface area contributed by atoms with E-state index in [4.69, 9.17) is 16.5 Å². The molecule has 5 N–H and O–H groups in total. The minimum atomic E-state index is -0.512. The Morgan fingerprint density at radius 2 is 1.73 bits per heavy atom. The van der Waals surface area contributed by atoms with Gasteiger partial charge in [0.25, 0.3) is 5.91 Å². The van der Waals surface area contributed by atoms with Crippen LogP contribution in [0.2, 0.25) is 0 Å². The van der Waals surface area contributed by atoms with E-state index in [1.54, 1.807) is 0 Å². The fourth-order valence-electron chi connectivity index (χ4n) is 4.28. The van der Waals surface area contributed by atoms with Gasteiger partial charge in [-0.15, -0.1) is 0 Å². The number of nitrogens with zero attached hydrogens (tertiary/aromatic N) is 3. The summed E-state index contributed by atoms with van der Waals surface area (Å²) in [6.07, 6.45) is 5.02. The van der Waals surface area contributed by atoms with E-state index in [-0.39, 0.29) is 11.9 Å². The van der Waals surface area contributed by atoms with Crippen molar-refractivity contribution in [2.24, 2.45) is 21.5 Å². The minimum Gasteiger partial charge on any atom is -0.369 e. The summed E-state index contributed by atoms with van der Waals surface area (Å²) in [5.41, 5.74) is 16.1. The first-order valence-corrected chi connectivity index (χ1v) is 10.4. The van der Waals surface area contributed by atoms with Gasteiger partial charge < -0.3 is 16.8 Å². The number of aliphatic imine (C=N–C) groups is 2. The van der Waals surface area contributed by atoms with Crippen molar-refractivity contribution in [2.75, 3.05) is 10.2 Å². The largest absolute Gasteiger partial charge is 0.369 e. The van der Waals surface area contributed by atoms with E-state index >= 15 is 0 Å². The maximum Gasteiger partial charge on any atom is 0.255 e. The van der Waals surface area contributed by atoms with Crippen LogP contribution in [0.3, 0.4) is 0 Å². The van der Waals surface area contributed by atoms with Crippen LogP contribution in [-0.2, 0) is 0 Å². The molecule has 1 saturated carbocycles. The van der Waals surface area contributed by atoms with E-state index in [1.165, 1.54) is 6.42 Å². The predicted molar refractivity (Wildman–Crippen MR) is 122 cm³/mol. The number of nitrogens with two attached hydrogens (primary N) is 2. The quantitative estimate of drug-likeness (QED) is 0.725. The van der Waals surface area contributed by atoms with E-state index in [2.05, 4.69) is 10.3 Å². The third-order valence-corrected chi connectivity index (χ3v) is 5.89. The number of rotatable bonds is 3. The van der Waals surface area contributed by atoms with Crippen LogP contribution in [0.15, 0.2) is 52.4 Å². The first-order chi connectivity index (χ1) is 14.4. The molecule has 0 bridgehead atoms. The summed E-state index contributed by atoms with van der Waals surface area (Å²) in [5.74, 6) is 0.417. The van der Waals surface area contributed by atoms with Gasteiger partial charge in [0.2, 0.25) is 11.9 Å². The Labute approximate surface area is 176 Å². The normalized spacial score (nSPS) is 18.0. The molecule has 0 aromatic heterocycles. The van der Waals surface area contributed by atoms with Crippen molar-refractivity contribution < 1.29 is 4.79 Å². The molecule has 4 rings (SSSR count). The fourth-order valence-corrected chi connectivity index (χ4v) is 4.28. The Hall–Kier alpha value is -3.35. The highest BCUT2D eigenvalue weighted by atomic mass is 16.1. The molecule has 30 heavy (non-hydrogen) atoms. The Bertz CT molecular complexity index is 1020. The third-order valence-electron chi connectivity index (χ3n) is 5.89. The zero-order valence-electron chi connectivity index (χ0n) is 17.5. The maximum absolute atomic E-state index is 12.8. The number of guanidine groups is 2. The smallest absolute Gasteiger partial charge is 0.255 e. The number of nitrogens with one attached hydrogen (secondary N) is 1. The Balaban J connectivity index is 1.67. The molecule has 1 aliphatic heterocycles. The van der Waals surface area contributed by atoms with Crippen molar-refractivity contribution in [1.29, 1.82) is 0 Å². The van der Waals surface area contributed by atoms with Gasteiger partial charge in [0, 0.05) is 16.9 Å². The highest BCUT2D eigenvalue weighted by Crippen LogP contribution is 2.40. The number of hydrogen-bond donors (Lipinski definition) is 3. The van der Waals surface area contributed by atoms with Crippen LogP contribution in [-0.4, -0.2) is 23.5 Å². The van der Waals surface area contributed by atoms with Gasteiger partial charge in [0.15, 0.2) is 0 Å². The molecule has 0 saturated heterocycles. The molecule has 1 fully saturated rings. The molecule has 1 amide bonds. The minimum absolute atomic E-state index is 0.148. The lowest BCUT2D eigenvalue weighted by Crippen LogP contribution is -2.58. The number of carbonyl (C=O) groups is 1. The van der Waals surface area contributed by atoms with Gasteiger partial charge in [-0.25, -0.2) is 4.99 Å². The SMILES string of the molecule is Cc1ccc(C(=O)Nc2cc(N3C(N)=NC(N)=NC34CCCCC4)ccc2C)cc1. The van der Waals surface area contributed by atoms with E-state index < -0.39 is 5.66 Å². The van der Waals surface area contributed by atoms with Gasteiger partial charge in [-0.2, -0.15) is 4.99 Å². The lowest BCUT2D eigenvalue weighted by atomic mass is 9.87. The van der Waals surface area contributed by atoms with E-state index in [9.17, 15) is 4.79 Å². The summed E-state index contributed by atoms with van der Waals surface area (Å²) in [5, 5.41) is 3.03. The molecule has 0 radical (unpaired) electrons. The van der Waals surface area contributed by atoms with Crippen molar-refractivity contribution in [2.45, 2.75) is 51.6 Å². The Morgan fingerprint density at radius 3 is 2.43 bits per heavy atom. The van der Waals surface area contributed by atoms with Crippen LogP contribution in [0, 0.1) is 13.8 Å². The first kappa shape index (κ1) is 19.9. The zero-order valence-corrected chi connectivity index (χ0v) is 17.5. The molecule has 1 spiro atoms. The second-order valence-corrected chi connectivity index (χ2v) is 8.14. The average molecular weight is 405 g/mol. The van der Waals surface area contributed by atoms with Crippen LogP contribution in [0.25, 0.3) is 0 Å². The second-order valence-electron chi connectivity index (χ2n) is 8.14. The molecule has 1 aliphatic carbocycles. The van der Waals surface area contributed by atoms with Gasteiger partial charge in [-0.05, 0) is 69.4 Å². The topological polar surface area (TPSA) is 109 Å². The number of amides is 1. The summed E-state index contributed by atoms with van der Waals surface area (Å²) in [4.78, 5) is 23.7. The molecular formula is C23H28N6O. The average Bonchev–Trinajstić information content (AvgIpc) is 2.70. The lowest BCUT2D eigenvalue weighted by molar-refractivity contribution is 0.102. The molecule has 1 heterocycles. The van der Waals surface area contributed by atoms with Crippen LogP contribution < -0.4 is 21.7 Å². The molecule has 2 aliphatic rings. The third kappa shape index (κ3) is 3.75. The molecular weight excluding hydrogens is 376 g/mol. The fraction of sp³-hybridized carbons (Fsp3) is 0.348. The molecule has 2 aromatic rings. The van der Waals surface area contributed by atoms with Crippen LogP contribution in [0.5, 0.6) is 0 Å². The number of aryl methyl sites for hydroxylation is 2.